The van der Waals surface area contributed by atoms with E-state index >= 15 is 0 Å². The molecule has 2 unspecified atom stereocenters. The van der Waals surface area contributed by atoms with E-state index in [1.54, 1.807) is 0 Å². The average Bonchev–Trinajstić information content (AvgIpc) is 2.67. The number of para-hydroxylation sites is 1. The quantitative estimate of drug-likeness (QED) is 0.793. The fourth-order valence-corrected chi connectivity index (χ4v) is 2.64. The lowest BCUT2D eigenvalue weighted by atomic mass is 9.77. The predicted molar refractivity (Wildman–Crippen MR) is 71.1 cm³/mol. The van der Waals surface area contributed by atoms with Gasteiger partial charge in [0.15, 0.2) is 0 Å². The van der Waals surface area contributed by atoms with Gasteiger partial charge in [-0.3, -0.25) is 4.90 Å². The Kier molecular flexibility index (Phi) is 4.43. The summed E-state index contributed by atoms with van der Waals surface area (Å²) in [4.78, 5) is 2.44. The highest BCUT2D eigenvalue weighted by atomic mass is 16.5. The van der Waals surface area contributed by atoms with Crippen molar-refractivity contribution in [1.82, 2.24) is 4.90 Å². The molecule has 17 heavy (non-hydrogen) atoms. The van der Waals surface area contributed by atoms with Crippen molar-refractivity contribution in [3.63, 3.8) is 0 Å². The molecule has 1 aliphatic carbocycles. The van der Waals surface area contributed by atoms with Gasteiger partial charge in [-0.05, 0) is 36.8 Å². The minimum atomic E-state index is 0.761. The second kappa shape index (κ2) is 6.06. The Balaban J connectivity index is 0.000000514. The molecule has 0 N–H and O–H groups in total. The maximum atomic E-state index is 5.74. The smallest absolute Gasteiger partial charge is 0.142 e. The van der Waals surface area contributed by atoms with Gasteiger partial charge in [0.2, 0.25) is 0 Å². The third kappa shape index (κ3) is 3.01. The van der Waals surface area contributed by atoms with Crippen molar-refractivity contribution in [3.05, 3.63) is 30.3 Å². The van der Waals surface area contributed by atoms with Crippen LogP contribution in [0.5, 0.6) is 5.75 Å². The van der Waals surface area contributed by atoms with Gasteiger partial charge in [0.1, 0.15) is 12.5 Å². The van der Waals surface area contributed by atoms with E-state index in [2.05, 4.69) is 4.90 Å². The van der Waals surface area contributed by atoms with Crippen LogP contribution < -0.4 is 4.74 Å². The zero-order valence-electron chi connectivity index (χ0n) is 10.9. The lowest BCUT2D eigenvalue weighted by Gasteiger charge is -2.28. The fraction of sp³-hybridized carbons (Fsp3) is 0.600. The van der Waals surface area contributed by atoms with Gasteiger partial charge >= 0.3 is 0 Å². The van der Waals surface area contributed by atoms with Gasteiger partial charge in [-0.2, -0.15) is 0 Å². The number of fused-ring (bicyclic) bond motifs is 1. The third-order valence-electron chi connectivity index (χ3n) is 3.72. The summed E-state index contributed by atoms with van der Waals surface area (Å²) in [6, 6.07) is 10.1. The number of nitrogens with zero attached hydrogens (tertiary/aromatic N) is 1. The first-order valence-electron chi connectivity index (χ1n) is 6.82. The Bertz CT molecular complexity index is 313. The van der Waals surface area contributed by atoms with Gasteiger partial charge in [0, 0.05) is 13.1 Å². The molecule has 3 rings (SSSR count). The molecule has 1 aromatic carbocycles. The molecule has 2 atom stereocenters. The van der Waals surface area contributed by atoms with Crippen molar-refractivity contribution in [2.45, 2.75) is 26.7 Å². The number of benzene rings is 1. The summed E-state index contributed by atoms with van der Waals surface area (Å²) >= 11 is 0. The standard InChI is InChI=1S/C13H17NO.C2H6/c1-2-4-13(5-3-1)15-10-14-8-11-6-7-12(11)9-14;1-2/h1-5,11-12H,6-10H2;1-2H3. The Morgan fingerprint density at radius 3 is 2.18 bits per heavy atom. The molecule has 2 fully saturated rings. The maximum Gasteiger partial charge on any atom is 0.142 e. The highest BCUT2D eigenvalue weighted by Crippen LogP contribution is 2.40. The summed E-state index contributed by atoms with van der Waals surface area (Å²) in [6.07, 6.45) is 2.87. The Morgan fingerprint density at radius 1 is 1.06 bits per heavy atom. The Hall–Kier alpha value is -1.02. The van der Waals surface area contributed by atoms with Crippen LogP contribution in [0, 0.1) is 11.8 Å². The van der Waals surface area contributed by atoms with Crippen LogP contribution >= 0.6 is 0 Å². The molecule has 0 aromatic heterocycles. The fourth-order valence-electron chi connectivity index (χ4n) is 2.64. The first-order valence-corrected chi connectivity index (χ1v) is 6.82. The van der Waals surface area contributed by atoms with E-state index in [-0.39, 0.29) is 0 Å². The summed E-state index contributed by atoms with van der Waals surface area (Å²) in [6.45, 7) is 7.26. The molecule has 0 radical (unpaired) electrons. The number of ether oxygens (including phenoxy) is 1. The topological polar surface area (TPSA) is 12.5 Å². The molecular weight excluding hydrogens is 210 g/mol. The SMILES string of the molecule is CC.c1ccc(OCN2CC3CCC3C2)cc1. The van der Waals surface area contributed by atoms with E-state index in [4.69, 9.17) is 4.74 Å². The predicted octanol–water partition coefficient (Wildman–Crippen LogP) is 3.39. The van der Waals surface area contributed by atoms with E-state index < -0.39 is 0 Å². The number of rotatable bonds is 3. The largest absolute Gasteiger partial charge is 0.478 e. The lowest BCUT2D eigenvalue weighted by molar-refractivity contribution is 0.148. The van der Waals surface area contributed by atoms with Crippen LogP contribution in [0.25, 0.3) is 0 Å². The summed E-state index contributed by atoms with van der Waals surface area (Å²) < 4.78 is 5.74. The van der Waals surface area contributed by atoms with E-state index in [0.717, 1.165) is 24.3 Å². The van der Waals surface area contributed by atoms with Crippen molar-refractivity contribution in [2.75, 3.05) is 19.8 Å². The minimum absolute atomic E-state index is 0.761. The van der Waals surface area contributed by atoms with E-state index in [9.17, 15) is 0 Å². The molecule has 1 saturated carbocycles. The van der Waals surface area contributed by atoms with Gasteiger partial charge in [-0.25, -0.2) is 0 Å². The first kappa shape index (κ1) is 12.4. The molecule has 1 heterocycles. The summed E-state index contributed by atoms with van der Waals surface area (Å²) in [5, 5.41) is 0. The third-order valence-corrected chi connectivity index (χ3v) is 3.72. The Morgan fingerprint density at radius 2 is 1.65 bits per heavy atom. The van der Waals surface area contributed by atoms with E-state index in [1.807, 2.05) is 44.2 Å². The molecule has 2 nitrogen and oxygen atoms in total. The second-order valence-corrected chi connectivity index (χ2v) is 4.72. The maximum absolute atomic E-state index is 5.74. The molecule has 0 spiro atoms. The highest BCUT2D eigenvalue weighted by Gasteiger charge is 2.39. The zero-order chi connectivity index (χ0) is 12.1. The van der Waals surface area contributed by atoms with Crippen LogP contribution in [0.1, 0.15) is 26.7 Å². The van der Waals surface area contributed by atoms with Gasteiger partial charge < -0.3 is 4.74 Å². The van der Waals surface area contributed by atoms with Crippen LogP contribution in [0.4, 0.5) is 0 Å². The van der Waals surface area contributed by atoms with Gasteiger partial charge in [-0.15, -0.1) is 0 Å². The summed E-state index contributed by atoms with van der Waals surface area (Å²) in [5.74, 6) is 2.94. The van der Waals surface area contributed by atoms with Crippen molar-refractivity contribution in [2.24, 2.45) is 11.8 Å². The van der Waals surface area contributed by atoms with E-state index in [1.165, 1.54) is 25.9 Å². The molecule has 0 amide bonds. The summed E-state index contributed by atoms with van der Waals surface area (Å²) in [7, 11) is 0. The normalized spacial score (nSPS) is 26.5. The van der Waals surface area contributed by atoms with Crippen LogP contribution in [-0.2, 0) is 0 Å². The molecule has 1 saturated heterocycles. The van der Waals surface area contributed by atoms with Crippen LogP contribution in [0.2, 0.25) is 0 Å². The average molecular weight is 233 g/mol. The van der Waals surface area contributed by atoms with Crippen molar-refractivity contribution in [3.8, 4) is 5.75 Å². The second-order valence-electron chi connectivity index (χ2n) is 4.72. The van der Waals surface area contributed by atoms with Gasteiger partial charge in [0.25, 0.3) is 0 Å². The zero-order valence-corrected chi connectivity index (χ0v) is 10.9. The molecule has 94 valence electrons. The molecule has 1 aromatic rings. The van der Waals surface area contributed by atoms with Crippen molar-refractivity contribution < 1.29 is 4.74 Å². The molecule has 2 heteroatoms. The van der Waals surface area contributed by atoms with Gasteiger partial charge in [0.05, 0.1) is 0 Å². The van der Waals surface area contributed by atoms with Crippen LogP contribution in [0.15, 0.2) is 30.3 Å². The first-order chi connectivity index (χ1) is 8.42. The number of hydrogen-bond donors (Lipinski definition) is 0. The van der Waals surface area contributed by atoms with Gasteiger partial charge in [-0.1, -0.05) is 32.0 Å². The minimum Gasteiger partial charge on any atom is -0.478 e. The van der Waals surface area contributed by atoms with Crippen LogP contribution in [0.3, 0.4) is 0 Å². The van der Waals surface area contributed by atoms with Crippen LogP contribution in [-0.4, -0.2) is 24.7 Å². The van der Waals surface area contributed by atoms with Crippen molar-refractivity contribution in [1.29, 1.82) is 0 Å². The lowest BCUT2D eigenvalue weighted by Crippen LogP contribution is -2.25. The van der Waals surface area contributed by atoms with E-state index in [0.29, 0.717) is 0 Å². The monoisotopic (exact) mass is 233 g/mol. The molecule has 2 aliphatic rings. The van der Waals surface area contributed by atoms with Crippen molar-refractivity contribution >= 4 is 0 Å². The Labute approximate surface area is 105 Å². The molecule has 1 aliphatic heterocycles. The number of likely N-dealkylation sites (tertiary alicyclic amines) is 1. The summed E-state index contributed by atoms with van der Waals surface area (Å²) in [5.41, 5.74) is 0. The molecular formula is C15H23NO. The molecule has 0 bridgehead atoms. The highest BCUT2D eigenvalue weighted by molar-refractivity contribution is 5.20. The number of hydrogen-bond acceptors (Lipinski definition) is 2.